The van der Waals surface area contributed by atoms with E-state index in [0.717, 1.165) is 34.1 Å². The van der Waals surface area contributed by atoms with Crippen molar-refractivity contribution in [3.63, 3.8) is 0 Å². The molecule has 0 aliphatic carbocycles. The fourth-order valence-electron chi connectivity index (χ4n) is 3.39. The molecule has 5 nitrogen and oxygen atoms in total. The van der Waals surface area contributed by atoms with Gasteiger partial charge in [0.05, 0.1) is 12.0 Å². The molecule has 0 aliphatic heterocycles. The molecule has 0 amide bonds. The third-order valence-corrected chi connectivity index (χ3v) is 7.48. The quantitative estimate of drug-likeness (QED) is 0.381. The van der Waals surface area contributed by atoms with E-state index in [1.54, 1.807) is 23.6 Å². The number of sulfonamides is 1. The normalized spacial score (nSPS) is 11.4. The molecule has 0 saturated carbocycles. The lowest BCUT2D eigenvalue weighted by Crippen LogP contribution is -2.15. The maximum absolute atomic E-state index is 13.1. The van der Waals surface area contributed by atoms with Crippen molar-refractivity contribution < 1.29 is 17.9 Å². The summed E-state index contributed by atoms with van der Waals surface area (Å²) in [6.45, 7) is 2.07. The van der Waals surface area contributed by atoms with Crippen LogP contribution in [0.1, 0.15) is 22.8 Å². The maximum atomic E-state index is 13.1. The van der Waals surface area contributed by atoms with Crippen molar-refractivity contribution in [2.45, 2.75) is 18.2 Å². The number of anilines is 1. The molecule has 1 heterocycles. The Morgan fingerprint density at radius 3 is 2.39 bits per heavy atom. The molecule has 0 atom stereocenters. The number of ether oxygens (including phenoxy) is 1. The van der Waals surface area contributed by atoms with E-state index in [1.165, 1.54) is 12.7 Å². The van der Waals surface area contributed by atoms with Gasteiger partial charge in [0, 0.05) is 10.9 Å². The van der Waals surface area contributed by atoms with E-state index in [0.29, 0.717) is 5.56 Å². The zero-order valence-corrected chi connectivity index (χ0v) is 18.7. The molecular formula is C24H21NO4S2. The molecule has 3 aromatic carbocycles. The van der Waals surface area contributed by atoms with Crippen LogP contribution >= 0.6 is 11.3 Å². The number of methoxy groups -OCH3 is 1. The Morgan fingerprint density at radius 1 is 1.00 bits per heavy atom. The molecule has 0 saturated heterocycles. The molecule has 4 aromatic rings. The second-order valence-electron chi connectivity index (χ2n) is 7.01. The first-order valence-electron chi connectivity index (χ1n) is 9.73. The van der Waals surface area contributed by atoms with E-state index in [-0.39, 0.29) is 15.5 Å². The van der Waals surface area contributed by atoms with Crippen LogP contribution in [0.15, 0.2) is 77.0 Å². The number of aryl methyl sites for hydroxylation is 1. The van der Waals surface area contributed by atoms with Crippen LogP contribution in [0.2, 0.25) is 0 Å². The Morgan fingerprint density at radius 2 is 1.71 bits per heavy atom. The van der Waals surface area contributed by atoms with Gasteiger partial charge in [-0.25, -0.2) is 13.2 Å². The molecule has 158 valence electrons. The van der Waals surface area contributed by atoms with Crippen molar-refractivity contribution >= 4 is 43.1 Å². The van der Waals surface area contributed by atoms with Crippen LogP contribution in [0.3, 0.4) is 0 Å². The molecule has 31 heavy (non-hydrogen) atoms. The van der Waals surface area contributed by atoms with Crippen molar-refractivity contribution in [1.82, 2.24) is 0 Å². The van der Waals surface area contributed by atoms with Crippen LogP contribution in [0.5, 0.6) is 0 Å². The monoisotopic (exact) mass is 451 g/mol. The van der Waals surface area contributed by atoms with E-state index < -0.39 is 16.0 Å². The fraction of sp³-hybridized carbons (Fsp3) is 0.125. The lowest BCUT2D eigenvalue weighted by Gasteiger charge is -2.10. The van der Waals surface area contributed by atoms with E-state index in [4.69, 9.17) is 4.74 Å². The molecular weight excluding hydrogens is 430 g/mol. The molecule has 4 rings (SSSR count). The summed E-state index contributed by atoms with van der Waals surface area (Å²) >= 11 is 1.16. The smallest absolute Gasteiger partial charge is 0.341 e. The first kappa shape index (κ1) is 21.1. The average molecular weight is 452 g/mol. The first-order chi connectivity index (χ1) is 14.9. The Kier molecular flexibility index (Phi) is 5.80. The van der Waals surface area contributed by atoms with Gasteiger partial charge in [-0.3, -0.25) is 4.72 Å². The first-order valence-corrected chi connectivity index (χ1v) is 12.1. The number of hydrogen-bond acceptors (Lipinski definition) is 5. The van der Waals surface area contributed by atoms with Gasteiger partial charge in [-0.15, -0.1) is 11.3 Å². The summed E-state index contributed by atoms with van der Waals surface area (Å²) in [6, 6.07) is 20.3. The summed E-state index contributed by atoms with van der Waals surface area (Å²) in [5.41, 5.74) is 2.85. The molecule has 7 heteroatoms. The Bertz CT molecular complexity index is 1360. The Balaban J connectivity index is 1.74. The van der Waals surface area contributed by atoms with Gasteiger partial charge in [0.25, 0.3) is 10.0 Å². The molecule has 0 bridgehead atoms. The van der Waals surface area contributed by atoms with Crippen LogP contribution in [-0.4, -0.2) is 21.5 Å². The molecule has 1 N–H and O–H groups in total. The topological polar surface area (TPSA) is 72.5 Å². The minimum atomic E-state index is -3.90. The van der Waals surface area contributed by atoms with Crippen molar-refractivity contribution in [1.29, 1.82) is 0 Å². The van der Waals surface area contributed by atoms with Crippen molar-refractivity contribution in [3.05, 3.63) is 83.2 Å². The number of benzene rings is 3. The van der Waals surface area contributed by atoms with Crippen LogP contribution in [0.25, 0.3) is 21.9 Å². The fourth-order valence-corrected chi connectivity index (χ4v) is 5.70. The predicted molar refractivity (Wildman–Crippen MR) is 125 cm³/mol. The Labute approximate surface area is 185 Å². The van der Waals surface area contributed by atoms with E-state index in [2.05, 4.69) is 11.6 Å². The number of esters is 1. The summed E-state index contributed by atoms with van der Waals surface area (Å²) in [5, 5.41) is 3.77. The highest BCUT2D eigenvalue weighted by atomic mass is 32.2. The predicted octanol–water partition coefficient (Wildman–Crippen LogP) is 5.72. The molecule has 1 aromatic heterocycles. The number of nitrogens with one attached hydrogen (secondary N) is 1. The van der Waals surface area contributed by atoms with Gasteiger partial charge in [-0.05, 0) is 40.5 Å². The summed E-state index contributed by atoms with van der Waals surface area (Å²) in [5.74, 6) is -0.591. The Hall–Kier alpha value is -3.16. The highest BCUT2D eigenvalue weighted by Crippen LogP contribution is 2.37. The minimum absolute atomic E-state index is 0.129. The van der Waals surface area contributed by atoms with Crippen LogP contribution < -0.4 is 4.72 Å². The summed E-state index contributed by atoms with van der Waals surface area (Å²) in [6.07, 6.45) is 0.907. The standard InChI is InChI=1S/C24H21NO4S2/c1-3-16-8-10-18(11-9-16)21-15-30-23(22(21)24(26)29-2)25-31(27,28)20-13-12-17-6-4-5-7-19(17)14-20/h4-15,25H,3H2,1-2H3. The molecule has 0 aliphatic rings. The summed E-state index contributed by atoms with van der Waals surface area (Å²) < 4.78 is 33.7. The minimum Gasteiger partial charge on any atom is -0.465 e. The molecule has 0 fully saturated rings. The van der Waals surface area contributed by atoms with E-state index in [1.807, 2.05) is 48.5 Å². The number of rotatable bonds is 6. The highest BCUT2D eigenvalue weighted by Gasteiger charge is 2.25. The van der Waals surface area contributed by atoms with Crippen LogP contribution in [0.4, 0.5) is 5.00 Å². The largest absolute Gasteiger partial charge is 0.465 e. The lowest BCUT2D eigenvalue weighted by atomic mass is 10.0. The molecule has 0 unspecified atom stereocenters. The zero-order valence-electron chi connectivity index (χ0n) is 17.1. The zero-order chi connectivity index (χ0) is 22.0. The van der Waals surface area contributed by atoms with Gasteiger partial charge >= 0.3 is 5.97 Å². The van der Waals surface area contributed by atoms with Gasteiger partial charge in [-0.2, -0.15) is 0 Å². The van der Waals surface area contributed by atoms with Crippen molar-refractivity contribution in [3.8, 4) is 11.1 Å². The van der Waals surface area contributed by atoms with Crippen molar-refractivity contribution in [2.75, 3.05) is 11.8 Å². The summed E-state index contributed by atoms with van der Waals surface area (Å²) in [7, 11) is -2.61. The lowest BCUT2D eigenvalue weighted by molar-refractivity contribution is 0.0603. The molecule has 0 radical (unpaired) electrons. The second kappa shape index (κ2) is 8.53. The number of carbonyl (C=O) groups excluding carboxylic acids is 1. The third kappa shape index (κ3) is 4.19. The van der Waals surface area contributed by atoms with Crippen molar-refractivity contribution in [2.24, 2.45) is 0 Å². The second-order valence-corrected chi connectivity index (χ2v) is 9.57. The van der Waals surface area contributed by atoms with E-state index >= 15 is 0 Å². The number of carbonyl (C=O) groups is 1. The van der Waals surface area contributed by atoms with Crippen LogP contribution in [0, 0.1) is 0 Å². The average Bonchev–Trinajstić information content (AvgIpc) is 3.21. The van der Waals surface area contributed by atoms with Gasteiger partial charge in [0.2, 0.25) is 0 Å². The molecule has 0 spiro atoms. The number of thiophene rings is 1. The van der Waals surface area contributed by atoms with Gasteiger partial charge in [0.1, 0.15) is 10.6 Å². The summed E-state index contributed by atoms with van der Waals surface area (Å²) in [4.78, 5) is 12.7. The van der Waals surface area contributed by atoms with Gasteiger partial charge < -0.3 is 4.74 Å². The van der Waals surface area contributed by atoms with E-state index in [9.17, 15) is 13.2 Å². The van der Waals surface area contributed by atoms with Gasteiger partial charge in [0.15, 0.2) is 0 Å². The maximum Gasteiger partial charge on any atom is 0.341 e. The third-order valence-electron chi connectivity index (χ3n) is 5.11. The van der Waals surface area contributed by atoms with Crippen LogP contribution in [-0.2, 0) is 21.2 Å². The highest BCUT2D eigenvalue weighted by molar-refractivity contribution is 7.93. The SMILES string of the molecule is CCc1ccc(-c2csc(NS(=O)(=O)c3ccc4ccccc4c3)c2C(=O)OC)cc1. The van der Waals surface area contributed by atoms with Gasteiger partial charge in [-0.1, -0.05) is 61.5 Å². The number of fused-ring (bicyclic) bond motifs is 1. The number of hydrogen-bond donors (Lipinski definition) is 1.